The molecule has 3 rings (SSSR count). The number of amides is 1. The third-order valence-corrected chi connectivity index (χ3v) is 6.14. The van der Waals surface area contributed by atoms with E-state index in [9.17, 15) is 13.2 Å². The molecule has 6 heteroatoms. The molecule has 150 valence electrons. The molecular weight excluding hydrogens is 372 g/mol. The number of benzene rings is 2. The summed E-state index contributed by atoms with van der Waals surface area (Å²) in [5.41, 5.74) is 3.13. The summed E-state index contributed by atoms with van der Waals surface area (Å²) >= 11 is 0. The standard InChI is InChI=1S/C22H28N2O3S/c1-28(26,27)18-17-23-13-15-24(16-14-23)22(25)21-10-6-5-9-20(21)12-11-19-7-3-2-4-8-19/h2-10H,11-18H2,1H3. The van der Waals surface area contributed by atoms with Crippen molar-refractivity contribution < 1.29 is 13.2 Å². The van der Waals surface area contributed by atoms with Crippen molar-refractivity contribution in [2.45, 2.75) is 12.8 Å². The predicted molar refractivity (Wildman–Crippen MR) is 112 cm³/mol. The Balaban J connectivity index is 1.59. The number of carbonyl (C=O) groups excluding carboxylic acids is 1. The smallest absolute Gasteiger partial charge is 0.254 e. The van der Waals surface area contributed by atoms with Crippen LogP contribution in [0.1, 0.15) is 21.5 Å². The van der Waals surface area contributed by atoms with Crippen LogP contribution in [0.3, 0.4) is 0 Å². The zero-order valence-electron chi connectivity index (χ0n) is 16.4. The van der Waals surface area contributed by atoms with Crippen LogP contribution in [-0.4, -0.2) is 68.9 Å². The molecule has 0 radical (unpaired) electrons. The summed E-state index contributed by atoms with van der Waals surface area (Å²) in [7, 11) is -2.95. The van der Waals surface area contributed by atoms with E-state index in [1.807, 2.05) is 47.4 Å². The average molecular weight is 401 g/mol. The largest absolute Gasteiger partial charge is 0.336 e. The zero-order chi connectivity index (χ0) is 20.0. The van der Waals surface area contributed by atoms with Crippen LogP contribution >= 0.6 is 0 Å². The Morgan fingerprint density at radius 1 is 0.893 bits per heavy atom. The second-order valence-corrected chi connectivity index (χ2v) is 9.67. The van der Waals surface area contributed by atoms with Crippen LogP contribution < -0.4 is 0 Å². The molecule has 1 saturated heterocycles. The molecule has 0 saturated carbocycles. The van der Waals surface area contributed by atoms with E-state index in [2.05, 4.69) is 17.0 Å². The van der Waals surface area contributed by atoms with Crippen molar-refractivity contribution >= 4 is 15.7 Å². The summed E-state index contributed by atoms with van der Waals surface area (Å²) in [4.78, 5) is 17.1. The topological polar surface area (TPSA) is 57.7 Å². The van der Waals surface area contributed by atoms with Crippen LogP contribution in [0.2, 0.25) is 0 Å². The van der Waals surface area contributed by atoms with Gasteiger partial charge in [-0.3, -0.25) is 9.69 Å². The second kappa shape index (κ2) is 9.34. The Bertz CT molecular complexity index is 889. The molecule has 0 aliphatic carbocycles. The van der Waals surface area contributed by atoms with Gasteiger partial charge < -0.3 is 4.90 Å². The molecule has 0 N–H and O–H groups in total. The molecule has 0 spiro atoms. The first-order valence-corrected chi connectivity index (χ1v) is 11.8. The van der Waals surface area contributed by atoms with Crippen LogP contribution in [0.25, 0.3) is 0 Å². The number of nitrogens with zero attached hydrogens (tertiary/aromatic N) is 2. The highest BCUT2D eigenvalue weighted by Crippen LogP contribution is 2.16. The molecule has 28 heavy (non-hydrogen) atoms. The lowest BCUT2D eigenvalue weighted by Gasteiger charge is -2.35. The van der Waals surface area contributed by atoms with Gasteiger partial charge in [0, 0.05) is 44.5 Å². The highest BCUT2D eigenvalue weighted by Gasteiger charge is 2.24. The molecule has 2 aromatic rings. The first-order chi connectivity index (χ1) is 13.4. The van der Waals surface area contributed by atoms with Gasteiger partial charge in [0.05, 0.1) is 5.75 Å². The molecule has 2 aromatic carbocycles. The lowest BCUT2D eigenvalue weighted by Crippen LogP contribution is -2.49. The molecular formula is C22H28N2O3S. The third-order valence-electron chi connectivity index (χ3n) is 5.21. The number of piperazine rings is 1. The highest BCUT2D eigenvalue weighted by molar-refractivity contribution is 7.90. The number of carbonyl (C=O) groups is 1. The van der Waals surface area contributed by atoms with Gasteiger partial charge in [-0.15, -0.1) is 0 Å². The predicted octanol–water partition coefficient (Wildman–Crippen LogP) is 2.27. The Hall–Kier alpha value is -2.18. The Kier molecular flexibility index (Phi) is 6.86. The van der Waals surface area contributed by atoms with Gasteiger partial charge in [0.1, 0.15) is 9.84 Å². The fourth-order valence-corrected chi connectivity index (χ4v) is 4.10. The normalized spacial score (nSPS) is 15.5. The van der Waals surface area contributed by atoms with Gasteiger partial charge in [0.25, 0.3) is 5.91 Å². The lowest BCUT2D eigenvalue weighted by atomic mass is 9.99. The van der Waals surface area contributed by atoms with Crippen LogP contribution in [0.15, 0.2) is 54.6 Å². The fraction of sp³-hybridized carbons (Fsp3) is 0.409. The van der Waals surface area contributed by atoms with Crippen molar-refractivity contribution in [3.8, 4) is 0 Å². The minimum atomic E-state index is -2.95. The van der Waals surface area contributed by atoms with Gasteiger partial charge in [0.15, 0.2) is 0 Å². The molecule has 0 atom stereocenters. The van der Waals surface area contributed by atoms with Crippen molar-refractivity contribution in [3.05, 3.63) is 71.3 Å². The van der Waals surface area contributed by atoms with Crippen molar-refractivity contribution in [1.82, 2.24) is 9.80 Å². The van der Waals surface area contributed by atoms with Crippen molar-refractivity contribution in [3.63, 3.8) is 0 Å². The van der Waals surface area contributed by atoms with E-state index in [4.69, 9.17) is 0 Å². The number of hydrogen-bond acceptors (Lipinski definition) is 4. The molecule has 1 aliphatic heterocycles. The Labute approximate surface area is 167 Å². The van der Waals surface area contributed by atoms with Gasteiger partial charge in [0.2, 0.25) is 0 Å². The van der Waals surface area contributed by atoms with E-state index in [1.165, 1.54) is 11.8 Å². The van der Waals surface area contributed by atoms with E-state index in [1.54, 1.807) is 0 Å². The van der Waals surface area contributed by atoms with Crippen LogP contribution in [0.5, 0.6) is 0 Å². The van der Waals surface area contributed by atoms with Gasteiger partial charge >= 0.3 is 0 Å². The van der Waals surface area contributed by atoms with Crippen molar-refractivity contribution in [1.29, 1.82) is 0 Å². The van der Waals surface area contributed by atoms with Crippen LogP contribution in [0.4, 0.5) is 0 Å². The maximum absolute atomic E-state index is 13.1. The van der Waals surface area contributed by atoms with Crippen molar-refractivity contribution in [2.24, 2.45) is 0 Å². The Morgan fingerprint density at radius 3 is 2.21 bits per heavy atom. The van der Waals surface area contributed by atoms with E-state index >= 15 is 0 Å². The number of rotatable bonds is 7. The molecule has 1 aliphatic rings. The summed E-state index contributed by atoms with van der Waals surface area (Å²) < 4.78 is 22.7. The molecule has 0 aromatic heterocycles. The fourth-order valence-electron chi connectivity index (χ4n) is 3.51. The number of hydrogen-bond donors (Lipinski definition) is 0. The first kappa shape index (κ1) is 20.6. The molecule has 0 bridgehead atoms. The summed E-state index contributed by atoms with van der Waals surface area (Å²) in [5.74, 6) is 0.245. The van der Waals surface area contributed by atoms with E-state index < -0.39 is 9.84 Å². The van der Waals surface area contributed by atoms with Gasteiger partial charge in [-0.1, -0.05) is 48.5 Å². The monoisotopic (exact) mass is 400 g/mol. The van der Waals surface area contributed by atoms with Gasteiger partial charge in [-0.25, -0.2) is 8.42 Å². The van der Waals surface area contributed by atoms with Crippen molar-refractivity contribution in [2.75, 3.05) is 44.7 Å². The summed E-state index contributed by atoms with van der Waals surface area (Å²) in [5, 5.41) is 0. The lowest BCUT2D eigenvalue weighted by molar-refractivity contribution is 0.0643. The minimum absolute atomic E-state index is 0.0754. The summed E-state index contributed by atoms with van der Waals surface area (Å²) in [6.07, 6.45) is 3.00. The Morgan fingerprint density at radius 2 is 1.54 bits per heavy atom. The quantitative estimate of drug-likeness (QED) is 0.716. The zero-order valence-corrected chi connectivity index (χ0v) is 17.2. The highest BCUT2D eigenvalue weighted by atomic mass is 32.2. The van der Waals surface area contributed by atoms with Gasteiger partial charge in [-0.2, -0.15) is 0 Å². The first-order valence-electron chi connectivity index (χ1n) is 9.73. The minimum Gasteiger partial charge on any atom is -0.336 e. The van der Waals surface area contributed by atoms with Crippen LogP contribution in [-0.2, 0) is 22.7 Å². The van der Waals surface area contributed by atoms with E-state index in [0.29, 0.717) is 32.7 Å². The SMILES string of the molecule is CS(=O)(=O)CCN1CCN(C(=O)c2ccccc2CCc2ccccc2)CC1. The van der Waals surface area contributed by atoms with E-state index in [-0.39, 0.29) is 11.7 Å². The maximum Gasteiger partial charge on any atom is 0.254 e. The van der Waals surface area contributed by atoms with E-state index in [0.717, 1.165) is 24.0 Å². The average Bonchev–Trinajstić information content (AvgIpc) is 2.71. The molecule has 0 unspecified atom stereocenters. The molecule has 1 heterocycles. The summed E-state index contributed by atoms with van der Waals surface area (Å²) in [6.45, 7) is 3.24. The van der Waals surface area contributed by atoms with Gasteiger partial charge in [-0.05, 0) is 30.0 Å². The molecule has 1 amide bonds. The van der Waals surface area contributed by atoms with Crippen LogP contribution in [0, 0.1) is 0 Å². The third kappa shape index (κ3) is 5.91. The molecule has 5 nitrogen and oxygen atoms in total. The second-order valence-electron chi connectivity index (χ2n) is 7.41. The summed E-state index contributed by atoms with van der Waals surface area (Å²) in [6, 6.07) is 18.2. The maximum atomic E-state index is 13.1. The number of sulfone groups is 1. The molecule has 1 fully saturated rings. The number of aryl methyl sites for hydroxylation is 2.